The minimum Gasteiger partial charge on any atom is -0.444 e. The van der Waals surface area contributed by atoms with Gasteiger partial charge in [0.2, 0.25) is 5.91 Å². The standard InChI is InChI=1S/C20H33N5O3.HI/c1-20(2,3)28-19(27)24-13-8-12-23-18(21-4)25-15-17(26)22-14-11-16-9-6-5-7-10-16;/h5-7,9-10H,8,11-15H2,1-4H3,(H,22,26)(H,24,27)(H2,21,23,25);1H. The van der Waals surface area contributed by atoms with Gasteiger partial charge in [0.05, 0.1) is 6.54 Å². The van der Waals surface area contributed by atoms with Crippen LogP contribution < -0.4 is 21.3 Å². The summed E-state index contributed by atoms with van der Waals surface area (Å²) in [6.45, 7) is 7.28. The maximum absolute atomic E-state index is 11.9. The Morgan fingerprint density at radius 1 is 0.966 bits per heavy atom. The first kappa shape index (κ1) is 27.0. The van der Waals surface area contributed by atoms with Crippen LogP contribution >= 0.6 is 24.0 Å². The van der Waals surface area contributed by atoms with Crippen molar-refractivity contribution in [1.82, 2.24) is 21.3 Å². The van der Waals surface area contributed by atoms with Gasteiger partial charge >= 0.3 is 6.09 Å². The molecule has 4 N–H and O–H groups in total. The van der Waals surface area contributed by atoms with Crippen molar-refractivity contribution in [1.29, 1.82) is 0 Å². The minimum atomic E-state index is -0.504. The van der Waals surface area contributed by atoms with Gasteiger partial charge in [0, 0.05) is 26.7 Å². The second kappa shape index (κ2) is 14.9. The molecular formula is C20H34IN5O3. The van der Waals surface area contributed by atoms with Gasteiger partial charge in [-0.3, -0.25) is 9.79 Å². The van der Waals surface area contributed by atoms with Crippen molar-refractivity contribution in [2.75, 3.05) is 33.2 Å². The number of carbonyl (C=O) groups excluding carboxylic acids is 2. The molecule has 1 aromatic rings. The number of guanidine groups is 1. The van der Waals surface area contributed by atoms with E-state index in [-0.39, 0.29) is 36.4 Å². The number of alkyl carbamates (subject to hydrolysis) is 1. The van der Waals surface area contributed by atoms with Gasteiger partial charge in [-0.05, 0) is 39.2 Å². The number of nitrogens with one attached hydrogen (secondary N) is 4. The number of carbonyl (C=O) groups is 2. The summed E-state index contributed by atoms with van der Waals surface area (Å²) in [6.07, 6.45) is 1.06. The number of amides is 2. The van der Waals surface area contributed by atoms with Gasteiger partial charge in [-0.15, -0.1) is 24.0 Å². The second-order valence-corrected chi connectivity index (χ2v) is 7.22. The molecule has 0 unspecified atom stereocenters. The normalized spacial score (nSPS) is 11.1. The lowest BCUT2D eigenvalue weighted by Gasteiger charge is -2.19. The minimum absolute atomic E-state index is 0. The topological polar surface area (TPSA) is 104 Å². The van der Waals surface area contributed by atoms with Crippen molar-refractivity contribution in [2.24, 2.45) is 4.99 Å². The highest BCUT2D eigenvalue weighted by atomic mass is 127. The summed E-state index contributed by atoms with van der Waals surface area (Å²) < 4.78 is 5.16. The smallest absolute Gasteiger partial charge is 0.407 e. The van der Waals surface area contributed by atoms with Crippen LogP contribution in [0.1, 0.15) is 32.8 Å². The highest BCUT2D eigenvalue weighted by Gasteiger charge is 2.15. The zero-order valence-corrected chi connectivity index (χ0v) is 20.0. The van der Waals surface area contributed by atoms with Crippen molar-refractivity contribution >= 4 is 41.9 Å². The molecule has 29 heavy (non-hydrogen) atoms. The molecule has 8 nitrogen and oxygen atoms in total. The van der Waals surface area contributed by atoms with Gasteiger partial charge < -0.3 is 26.0 Å². The van der Waals surface area contributed by atoms with Gasteiger partial charge in [-0.25, -0.2) is 4.79 Å². The van der Waals surface area contributed by atoms with E-state index in [0.717, 1.165) is 6.42 Å². The molecule has 0 aromatic heterocycles. The van der Waals surface area contributed by atoms with Crippen molar-refractivity contribution in [3.8, 4) is 0 Å². The fraction of sp³-hybridized carbons (Fsp3) is 0.550. The zero-order valence-electron chi connectivity index (χ0n) is 17.7. The molecule has 164 valence electrons. The SMILES string of the molecule is CN=C(NCCCNC(=O)OC(C)(C)C)NCC(=O)NCCc1ccccc1.I. The van der Waals surface area contributed by atoms with Crippen molar-refractivity contribution in [2.45, 2.75) is 39.2 Å². The maximum Gasteiger partial charge on any atom is 0.407 e. The first-order valence-electron chi connectivity index (χ1n) is 9.52. The molecule has 0 aliphatic heterocycles. The van der Waals surface area contributed by atoms with Crippen LogP contribution in [0.15, 0.2) is 35.3 Å². The lowest BCUT2D eigenvalue weighted by Crippen LogP contribution is -2.44. The van der Waals surface area contributed by atoms with Crippen LogP contribution in [0.4, 0.5) is 4.79 Å². The van der Waals surface area contributed by atoms with E-state index in [1.807, 2.05) is 51.1 Å². The molecule has 1 rings (SSSR count). The number of rotatable bonds is 9. The van der Waals surface area contributed by atoms with Crippen LogP contribution in [0.25, 0.3) is 0 Å². The van der Waals surface area contributed by atoms with E-state index in [1.54, 1.807) is 7.05 Å². The summed E-state index contributed by atoms with van der Waals surface area (Å²) >= 11 is 0. The first-order valence-corrected chi connectivity index (χ1v) is 9.52. The third-order valence-corrected chi connectivity index (χ3v) is 3.53. The Kier molecular flexibility index (Phi) is 13.8. The van der Waals surface area contributed by atoms with E-state index in [1.165, 1.54) is 5.56 Å². The molecule has 0 aliphatic rings. The highest BCUT2D eigenvalue weighted by Crippen LogP contribution is 2.06. The van der Waals surface area contributed by atoms with Gasteiger partial charge in [-0.1, -0.05) is 30.3 Å². The first-order chi connectivity index (χ1) is 13.3. The number of hydrogen-bond donors (Lipinski definition) is 4. The lowest BCUT2D eigenvalue weighted by atomic mass is 10.1. The fourth-order valence-corrected chi connectivity index (χ4v) is 2.24. The van der Waals surface area contributed by atoms with Crippen LogP contribution in [0.5, 0.6) is 0 Å². The molecular weight excluding hydrogens is 485 g/mol. The molecule has 0 heterocycles. The van der Waals surface area contributed by atoms with E-state index in [4.69, 9.17) is 4.74 Å². The summed E-state index contributed by atoms with van der Waals surface area (Å²) in [7, 11) is 1.64. The third-order valence-electron chi connectivity index (χ3n) is 3.53. The quantitative estimate of drug-likeness (QED) is 0.173. The summed E-state index contributed by atoms with van der Waals surface area (Å²) in [4.78, 5) is 27.5. The largest absolute Gasteiger partial charge is 0.444 e. The molecule has 0 fully saturated rings. The Balaban J connectivity index is 0.00000784. The van der Waals surface area contributed by atoms with Gasteiger partial charge in [-0.2, -0.15) is 0 Å². The average Bonchev–Trinajstić information content (AvgIpc) is 2.63. The van der Waals surface area contributed by atoms with Gasteiger partial charge in [0.15, 0.2) is 5.96 Å². The monoisotopic (exact) mass is 519 g/mol. The summed E-state index contributed by atoms with van der Waals surface area (Å²) in [5.74, 6) is 0.445. The van der Waals surface area contributed by atoms with Crippen molar-refractivity contribution < 1.29 is 14.3 Å². The molecule has 0 aliphatic carbocycles. The number of hydrogen-bond acceptors (Lipinski definition) is 4. The molecule has 1 aromatic carbocycles. The summed E-state index contributed by atoms with van der Waals surface area (Å²) in [6, 6.07) is 10.0. The Labute approximate surface area is 190 Å². The lowest BCUT2D eigenvalue weighted by molar-refractivity contribution is -0.119. The number of aliphatic imine (C=N–C) groups is 1. The van der Waals surface area contributed by atoms with E-state index in [0.29, 0.717) is 32.0 Å². The second-order valence-electron chi connectivity index (χ2n) is 7.22. The van der Waals surface area contributed by atoms with Gasteiger partial charge in [0.1, 0.15) is 5.60 Å². The predicted octanol–water partition coefficient (Wildman–Crippen LogP) is 2.04. The Morgan fingerprint density at radius 2 is 1.62 bits per heavy atom. The molecule has 2 amide bonds. The van der Waals surface area contributed by atoms with E-state index >= 15 is 0 Å². The third kappa shape index (κ3) is 14.6. The molecule has 0 bridgehead atoms. The van der Waals surface area contributed by atoms with E-state index in [2.05, 4.69) is 26.3 Å². The molecule has 0 saturated carbocycles. The molecule has 0 saturated heterocycles. The predicted molar refractivity (Wildman–Crippen MR) is 127 cm³/mol. The molecule has 0 atom stereocenters. The van der Waals surface area contributed by atoms with Crippen molar-refractivity contribution in [3.05, 3.63) is 35.9 Å². The molecule has 9 heteroatoms. The number of halogens is 1. The van der Waals surface area contributed by atoms with Gasteiger partial charge in [0.25, 0.3) is 0 Å². The van der Waals surface area contributed by atoms with Crippen LogP contribution in [-0.4, -0.2) is 56.8 Å². The van der Waals surface area contributed by atoms with Crippen LogP contribution in [-0.2, 0) is 16.0 Å². The highest BCUT2D eigenvalue weighted by molar-refractivity contribution is 14.0. The number of nitrogens with zero attached hydrogens (tertiary/aromatic N) is 1. The van der Waals surface area contributed by atoms with E-state index in [9.17, 15) is 9.59 Å². The number of ether oxygens (including phenoxy) is 1. The molecule has 0 spiro atoms. The average molecular weight is 519 g/mol. The van der Waals surface area contributed by atoms with Crippen LogP contribution in [0.3, 0.4) is 0 Å². The maximum atomic E-state index is 11.9. The Bertz CT molecular complexity index is 633. The van der Waals surface area contributed by atoms with Crippen LogP contribution in [0.2, 0.25) is 0 Å². The zero-order chi connectivity index (χ0) is 20.8. The summed E-state index contributed by atoms with van der Waals surface area (Å²) in [5.41, 5.74) is 0.684. The van der Waals surface area contributed by atoms with E-state index < -0.39 is 11.7 Å². The summed E-state index contributed by atoms with van der Waals surface area (Å²) in [5, 5.41) is 11.6. The van der Waals surface area contributed by atoms with Crippen molar-refractivity contribution in [3.63, 3.8) is 0 Å². The Morgan fingerprint density at radius 3 is 2.24 bits per heavy atom. The Hall–Kier alpha value is -2.04. The fourth-order valence-electron chi connectivity index (χ4n) is 2.24. The molecule has 0 radical (unpaired) electrons. The van der Waals surface area contributed by atoms with Crippen LogP contribution in [0, 0.1) is 0 Å². The number of benzene rings is 1.